The number of rotatable bonds is 10. The van der Waals surface area contributed by atoms with E-state index in [0.29, 0.717) is 6.54 Å². The van der Waals surface area contributed by atoms with Crippen molar-refractivity contribution >= 4 is 12.0 Å². The van der Waals surface area contributed by atoms with Crippen LogP contribution in [0.2, 0.25) is 0 Å². The van der Waals surface area contributed by atoms with Crippen LogP contribution in [0.1, 0.15) is 51.4 Å². The van der Waals surface area contributed by atoms with Gasteiger partial charge in [-0.05, 0) is 25.2 Å². The zero-order chi connectivity index (χ0) is 13.2. The predicted octanol–water partition coefficient (Wildman–Crippen LogP) is 2.12. The van der Waals surface area contributed by atoms with Gasteiger partial charge in [-0.2, -0.15) is 0 Å². The molecule has 0 atom stereocenters. The van der Waals surface area contributed by atoms with Crippen LogP contribution in [0.15, 0.2) is 0 Å². The number of unbranched alkanes of at least 4 members (excludes halogenated alkanes) is 3. The van der Waals surface area contributed by atoms with Gasteiger partial charge >= 0.3 is 12.0 Å². The third-order valence-corrected chi connectivity index (χ3v) is 3.14. The molecule has 18 heavy (non-hydrogen) atoms. The van der Waals surface area contributed by atoms with Gasteiger partial charge in [0.15, 0.2) is 0 Å². The summed E-state index contributed by atoms with van der Waals surface area (Å²) in [5, 5.41) is 14.1. The molecule has 104 valence electrons. The van der Waals surface area contributed by atoms with Crippen LogP contribution in [0.3, 0.4) is 0 Å². The molecule has 5 heteroatoms. The SMILES string of the molecule is O=C(O)CCCCCCNC(=O)NCCC1CC1. The first-order valence-electron chi connectivity index (χ1n) is 6.92. The van der Waals surface area contributed by atoms with Crippen molar-refractivity contribution in [2.45, 2.75) is 51.4 Å². The lowest BCUT2D eigenvalue weighted by molar-refractivity contribution is -0.137. The number of urea groups is 1. The van der Waals surface area contributed by atoms with E-state index in [9.17, 15) is 9.59 Å². The summed E-state index contributed by atoms with van der Waals surface area (Å²) in [7, 11) is 0. The first-order valence-corrected chi connectivity index (χ1v) is 6.92. The molecule has 0 aromatic heterocycles. The highest BCUT2D eigenvalue weighted by molar-refractivity contribution is 5.73. The summed E-state index contributed by atoms with van der Waals surface area (Å²) in [5.41, 5.74) is 0. The second-order valence-electron chi connectivity index (χ2n) is 4.97. The number of amides is 2. The van der Waals surface area contributed by atoms with Gasteiger partial charge in [0.2, 0.25) is 0 Å². The molecular weight excluding hydrogens is 232 g/mol. The van der Waals surface area contributed by atoms with Crippen molar-refractivity contribution < 1.29 is 14.7 Å². The van der Waals surface area contributed by atoms with Gasteiger partial charge in [0.1, 0.15) is 0 Å². The molecule has 0 spiro atoms. The lowest BCUT2D eigenvalue weighted by Gasteiger charge is -2.06. The zero-order valence-corrected chi connectivity index (χ0v) is 10.9. The Morgan fingerprint density at radius 3 is 2.33 bits per heavy atom. The van der Waals surface area contributed by atoms with Gasteiger partial charge < -0.3 is 15.7 Å². The molecule has 2 amide bonds. The molecule has 3 N–H and O–H groups in total. The highest BCUT2D eigenvalue weighted by atomic mass is 16.4. The van der Waals surface area contributed by atoms with E-state index >= 15 is 0 Å². The first kappa shape index (κ1) is 14.8. The van der Waals surface area contributed by atoms with Gasteiger partial charge in [-0.25, -0.2) is 4.79 Å². The second kappa shape index (κ2) is 8.78. The van der Waals surface area contributed by atoms with Crippen LogP contribution in [0, 0.1) is 5.92 Å². The average Bonchev–Trinajstić information content (AvgIpc) is 3.11. The average molecular weight is 256 g/mol. The second-order valence-corrected chi connectivity index (χ2v) is 4.97. The molecule has 0 saturated heterocycles. The quantitative estimate of drug-likeness (QED) is 0.524. The number of hydrogen-bond donors (Lipinski definition) is 3. The lowest BCUT2D eigenvalue weighted by atomic mass is 10.1. The summed E-state index contributed by atoms with van der Waals surface area (Å²) in [6.07, 6.45) is 7.50. The van der Waals surface area contributed by atoms with Crippen LogP contribution in [0.5, 0.6) is 0 Å². The summed E-state index contributed by atoms with van der Waals surface area (Å²) in [5.74, 6) is 0.114. The topological polar surface area (TPSA) is 78.4 Å². The molecule has 0 heterocycles. The Kier molecular flexibility index (Phi) is 7.22. The van der Waals surface area contributed by atoms with Crippen molar-refractivity contribution in [1.29, 1.82) is 0 Å². The van der Waals surface area contributed by atoms with Crippen molar-refractivity contribution in [3.05, 3.63) is 0 Å². The maximum Gasteiger partial charge on any atom is 0.314 e. The van der Waals surface area contributed by atoms with E-state index in [0.717, 1.165) is 44.6 Å². The Labute approximate surface area is 108 Å². The number of carboxylic acid groups (broad SMARTS) is 1. The number of aliphatic carboxylic acids is 1. The third kappa shape index (κ3) is 8.84. The summed E-state index contributed by atoms with van der Waals surface area (Å²) in [4.78, 5) is 21.6. The van der Waals surface area contributed by atoms with Crippen LogP contribution in [0.25, 0.3) is 0 Å². The van der Waals surface area contributed by atoms with Gasteiger partial charge in [0.25, 0.3) is 0 Å². The molecule has 1 rings (SSSR count). The van der Waals surface area contributed by atoms with Crippen molar-refractivity contribution in [3.8, 4) is 0 Å². The molecule has 0 aliphatic heterocycles. The fourth-order valence-electron chi connectivity index (χ4n) is 1.82. The molecular formula is C13H24N2O3. The Hall–Kier alpha value is -1.26. The van der Waals surface area contributed by atoms with E-state index in [1.807, 2.05) is 0 Å². The zero-order valence-electron chi connectivity index (χ0n) is 10.9. The first-order chi connectivity index (χ1) is 8.68. The highest BCUT2D eigenvalue weighted by Crippen LogP contribution is 2.31. The van der Waals surface area contributed by atoms with Crippen LogP contribution >= 0.6 is 0 Å². The molecule has 0 radical (unpaired) electrons. The monoisotopic (exact) mass is 256 g/mol. The Bertz CT molecular complexity index is 265. The maximum absolute atomic E-state index is 11.3. The molecule has 0 aromatic rings. The summed E-state index contributed by atoms with van der Waals surface area (Å²) >= 11 is 0. The number of carbonyl (C=O) groups is 2. The summed E-state index contributed by atoms with van der Waals surface area (Å²) < 4.78 is 0. The molecule has 1 fully saturated rings. The van der Waals surface area contributed by atoms with E-state index in [-0.39, 0.29) is 12.5 Å². The molecule has 0 aromatic carbocycles. The van der Waals surface area contributed by atoms with Gasteiger partial charge in [-0.3, -0.25) is 4.79 Å². The molecule has 1 aliphatic carbocycles. The van der Waals surface area contributed by atoms with Crippen LogP contribution < -0.4 is 10.6 Å². The minimum absolute atomic E-state index is 0.0822. The van der Waals surface area contributed by atoms with Crippen molar-refractivity contribution in [2.24, 2.45) is 5.92 Å². The summed E-state index contributed by atoms with van der Waals surface area (Å²) in [6, 6.07) is -0.0822. The van der Waals surface area contributed by atoms with Crippen LogP contribution in [-0.2, 0) is 4.79 Å². The number of hydrogen-bond acceptors (Lipinski definition) is 2. The molecule has 0 bridgehead atoms. The van der Waals surface area contributed by atoms with Gasteiger partial charge in [0, 0.05) is 19.5 Å². The highest BCUT2D eigenvalue weighted by Gasteiger charge is 2.20. The van der Waals surface area contributed by atoms with E-state index < -0.39 is 5.97 Å². The molecule has 0 unspecified atom stereocenters. The number of nitrogens with one attached hydrogen (secondary N) is 2. The molecule has 1 saturated carbocycles. The van der Waals surface area contributed by atoms with E-state index in [2.05, 4.69) is 10.6 Å². The Balaban J connectivity index is 1.78. The number of carboxylic acids is 1. The van der Waals surface area contributed by atoms with E-state index in [4.69, 9.17) is 5.11 Å². The predicted molar refractivity (Wildman–Crippen MR) is 69.5 cm³/mol. The minimum atomic E-state index is -0.733. The van der Waals surface area contributed by atoms with E-state index in [1.165, 1.54) is 12.8 Å². The smallest absolute Gasteiger partial charge is 0.314 e. The largest absolute Gasteiger partial charge is 0.481 e. The van der Waals surface area contributed by atoms with Crippen molar-refractivity contribution in [3.63, 3.8) is 0 Å². The van der Waals surface area contributed by atoms with Crippen molar-refractivity contribution in [1.82, 2.24) is 10.6 Å². The van der Waals surface area contributed by atoms with Gasteiger partial charge in [-0.15, -0.1) is 0 Å². The third-order valence-electron chi connectivity index (χ3n) is 3.14. The number of carbonyl (C=O) groups excluding carboxylic acids is 1. The van der Waals surface area contributed by atoms with Gasteiger partial charge in [-0.1, -0.05) is 25.7 Å². The Morgan fingerprint density at radius 1 is 1.00 bits per heavy atom. The van der Waals surface area contributed by atoms with Gasteiger partial charge in [0.05, 0.1) is 0 Å². The van der Waals surface area contributed by atoms with Crippen molar-refractivity contribution in [2.75, 3.05) is 13.1 Å². The molecule has 5 nitrogen and oxygen atoms in total. The fourth-order valence-corrected chi connectivity index (χ4v) is 1.82. The fraction of sp³-hybridized carbons (Fsp3) is 0.846. The maximum atomic E-state index is 11.3. The normalized spacial score (nSPS) is 14.2. The minimum Gasteiger partial charge on any atom is -0.481 e. The lowest BCUT2D eigenvalue weighted by Crippen LogP contribution is -2.36. The van der Waals surface area contributed by atoms with E-state index in [1.54, 1.807) is 0 Å². The standard InChI is InChI=1S/C13H24N2O3/c16-12(17)5-3-1-2-4-9-14-13(18)15-10-8-11-6-7-11/h11H,1-10H2,(H,16,17)(H2,14,15,18). The molecule has 1 aliphatic rings. The Morgan fingerprint density at radius 2 is 1.67 bits per heavy atom. The summed E-state index contributed by atoms with van der Waals surface area (Å²) in [6.45, 7) is 1.44. The van der Waals surface area contributed by atoms with Crippen LogP contribution in [-0.4, -0.2) is 30.2 Å². The van der Waals surface area contributed by atoms with Crippen LogP contribution in [0.4, 0.5) is 4.79 Å².